The summed E-state index contributed by atoms with van der Waals surface area (Å²) in [5, 5.41) is 0.980. The third-order valence-corrected chi connectivity index (χ3v) is 6.65. The van der Waals surface area contributed by atoms with Gasteiger partial charge in [0.05, 0.1) is 15.6 Å². The number of benzene rings is 1. The summed E-state index contributed by atoms with van der Waals surface area (Å²) in [6, 6.07) is 5.28. The number of halogens is 2. The zero-order chi connectivity index (χ0) is 15.3. The smallest absolute Gasteiger partial charge is 0.183 e. The van der Waals surface area contributed by atoms with Gasteiger partial charge >= 0.3 is 0 Å². The molecule has 2 nitrogen and oxygen atoms in total. The number of hydrogen-bond acceptors (Lipinski definition) is 2. The Bertz CT molecular complexity index is 597. The average Bonchev–Trinajstić information content (AvgIpc) is 3.22. The number of ketones is 1. The maximum atomic E-state index is 13.0. The van der Waals surface area contributed by atoms with Gasteiger partial charge in [0.25, 0.3) is 0 Å². The molecule has 2 atom stereocenters. The number of hydrogen-bond donors (Lipinski definition) is 0. The van der Waals surface area contributed by atoms with Gasteiger partial charge in [-0.15, -0.1) is 0 Å². The summed E-state index contributed by atoms with van der Waals surface area (Å²) in [6.45, 7) is 2.22. The number of fused-ring (bicyclic) bond motifs is 1. The largest absolute Gasteiger partial charge is 0.292 e. The van der Waals surface area contributed by atoms with E-state index in [2.05, 4.69) is 4.90 Å². The zero-order valence-corrected chi connectivity index (χ0v) is 14.2. The Kier molecular flexibility index (Phi) is 3.75. The molecule has 118 valence electrons. The summed E-state index contributed by atoms with van der Waals surface area (Å²) in [7, 11) is 0. The fourth-order valence-electron chi connectivity index (χ4n) is 4.47. The summed E-state index contributed by atoms with van der Waals surface area (Å²) in [6.07, 6.45) is 7.40. The monoisotopic (exact) mass is 337 g/mol. The maximum Gasteiger partial charge on any atom is 0.183 e. The van der Waals surface area contributed by atoms with Crippen molar-refractivity contribution in [3.05, 3.63) is 33.8 Å². The SMILES string of the molecule is O=C(c1ccc(Cl)c(Cl)c1)C1(N2CC3CCCC[C@@H]3C2)CC1. The van der Waals surface area contributed by atoms with Crippen LogP contribution < -0.4 is 0 Å². The molecular formula is C18H21Cl2NO. The molecule has 1 saturated heterocycles. The van der Waals surface area contributed by atoms with Crippen molar-refractivity contribution in [3.8, 4) is 0 Å². The molecule has 0 bridgehead atoms. The predicted octanol–water partition coefficient (Wildman–Crippen LogP) is 4.83. The van der Waals surface area contributed by atoms with Crippen molar-refractivity contribution >= 4 is 29.0 Å². The number of nitrogens with zero attached hydrogens (tertiary/aromatic N) is 1. The average molecular weight is 338 g/mol. The second kappa shape index (κ2) is 5.51. The van der Waals surface area contributed by atoms with Crippen molar-refractivity contribution in [1.82, 2.24) is 4.90 Å². The lowest BCUT2D eigenvalue weighted by atomic mass is 9.82. The summed E-state index contributed by atoms with van der Waals surface area (Å²) in [4.78, 5) is 15.5. The minimum atomic E-state index is -0.242. The molecule has 0 radical (unpaired) electrons. The van der Waals surface area contributed by atoms with Crippen LogP contribution in [0.1, 0.15) is 48.9 Å². The van der Waals surface area contributed by atoms with Crippen molar-refractivity contribution < 1.29 is 4.79 Å². The van der Waals surface area contributed by atoms with Crippen LogP contribution in [-0.2, 0) is 0 Å². The molecule has 1 aliphatic heterocycles. The van der Waals surface area contributed by atoms with E-state index in [1.165, 1.54) is 25.7 Å². The van der Waals surface area contributed by atoms with Crippen molar-refractivity contribution in [3.63, 3.8) is 0 Å². The van der Waals surface area contributed by atoms with Crippen molar-refractivity contribution in [2.75, 3.05) is 13.1 Å². The Labute approximate surface area is 141 Å². The highest BCUT2D eigenvalue weighted by atomic mass is 35.5. The van der Waals surface area contributed by atoms with E-state index < -0.39 is 0 Å². The standard InChI is InChI=1S/C18H21Cl2NO/c19-15-6-5-12(9-16(15)20)17(22)18(7-8-18)21-10-13-3-1-2-4-14(13)11-21/h5-6,9,13-14H,1-4,7-8,10-11H2/t13-,14?/m1/s1. The van der Waals surface area contributed by atoms with Crippen LogP contribution in [0.2, 0.25) is 10.0 Å². The molecule has 0 N–H and O–H groups in total. The molecule has 4 heteroatoms. The van der Waals surface area contributed by atoms with Gasteiger partial charge < -0.3 is 0 Å². The summed E-state index contributed by atoms with van der Waals surface area (Å²) in [5.41, 5.74) is 0.468. The van der Waals surface area contributed by atoms with Crippen LogP contribution in [0.25, 0.3) is 0 Å². The van der Waals surface area contributed by atoms with Crippen LogP contribution >= 0.6 is 23.2 Å². The van der Waals surface area contributed by atoms with E-state index in [-0.39, 0.29) is 11.3 Å². The van der Waals surface area contributed by atoms with Gasteiger partial charge in [-0.2, -0.15) is 0 Å². The quantitative estimate of drug-likeness (QED) is 0.736. The van der Waals surface area contributed by atoms with Crippen LogP contribution in [0.4, 0.5) is 0 Å². The number of likely N-dealkylation sites (tertiary alicyclic amines) is 1. The second-order valence-electron chi connectivity index (χ2n) is 7.20. The second-order valence-corrected chi connectivity index (χ2v) is 8.01. The van der Waals surface area contributed by atoms with Crippen molar-refractivity contribution in [2.24, 2.45) is 11.8 Å². The maximum absolute atomic E-state index is 13.0. The van der Waals surface area contributed by atoms with Crippen LogP contribution in [-0.4, -0.2) is 29.3 Å². The van der Waals surface area contributed by atoms with Crippen molar-refractivity contribution in [1.29, 1.82) is 0 Å². The summed E-state index contributed by atoms with van der Waals surface area (Å²) in [5.74, 6) is 1.87. The van der Waals surface area contributed by atoms with E-state index in [0.717, 1.165) is 37.8 Å². The van der Waals surface area contributed by atoms with Gasteiger partial charge in [-0.3, -0.25) is 9.69 Å². The minimum Gasteiger partial charge on any atom is -0.292 e. The van der Waals surface area contributed by atoms with Gasteiger partial charge in [-0.1, -0.05) is 36.0 Å². The topological polar surface area (TPSA) is 20.3 Å². The van der Waals surface area contributed by atoms with Crippen LogP contribution in [0, 0.1) is 11.8 Å². The van der Waals surface area contributed by atoms with E-state index in [1.807, 2.05) is 6.07 Å². The molecule has 1 unspecified atom stereocenters. The molecule has 0 aromatic heterocycles. The summed E-state index contributed by atoms with van der Waals surface area (Å²) < 4.78 is 0. The lowest BCUT2D eigenvalue weighted by Gasteiger charge is -2.27. The van der Waals surface area contributed by atoms with Crippen LogP contribution in [0.15, 0.2) is 18.2 Å². The van der Waals surface area contributed by atoms with Gasteiger partial charge in [0.1, 0.15) is 0 Å². The lowest BCUT2D eigenvalue weighted by Crippen LogP contribution is -2.42. The Balaban J connectivity index is 1.56. The number of carbonyl (C=O) groups excluding carboxylic acids is 1. The highest BCUT2D eigenvalue weighted by Crippen LogP contribution is 2.49. The molecular weight excluding hydrogens is 317 g/mol. The molecule has 3 aliphatic rings. The Morgan fingerprint density at radius 1 is 1.05 bits per heavy atom. The lowest BCUT2D eigenvalue weighted by molar-refractivity contribution is 0.0806. The van der Waals surface area contributed by atoms with Gasteiger partial charge in [-0.25, -0.2) is 0 Å². The highest BCUT2D eigenvalue weighted by molar-refractivity contribution is 6.42. The fourth-order valence-corrected chi connectivity index (χ4v) is 4.76. The zero-order valence-electron chi connectivity index (χ0n) is 12.7. The number of rotatable bonds is 3. The Morgan fingerprint density at radius 3 is 2.23 bits per heavy atom. The molecule has 2 saturated carbocycles. The molecule has 0 spiro atoms. The first-order chi connectivity index (χ1) is 10.6. The van der Waals surface area contributed by atoms with Crippen LogP contribution in [0.5, 0.6) is 0 Å². The molecule has 1 aromatic rings. The third kappa shape index (κ3) is 2.40. The summed E-state index contributed by atoms with van der Waals surface area (Å²) >= 11 is 12.1. The Morgan fingerprint density at radius 2 is 1.68 bits per heavy atom. The normalized spacial score (nSPS) is 30.1. The first-order valence-corrected chi connectivity index (χ1v) is 9.11. The number of Topliss-reactive ketones (excluding diaryl/α,β-unsaturated/α-hetero) is 1. The Hall–Kier alpha value is -0.570. The number of carbonyl (C=O) groups is 1. The van der Waals surface area contributed by atoms with Gasteiger partial charge in [-0.05, 0) is 55.7 Å². The van der Waals surface area contributed by atoms with Gasteiger partial charge in [0.15, 0.2) is 5.78 Å². The predicted molar refractivity (Wildman–Crippen MR) is 89.8 cm³/mol. The first kappa shape index (κ1) is 15.0. The molecule has 2 aliphatic carbocycles. The van der Waals surface area contributed by atoms with E-state index in [0.29, 0.717) is 15.6 Å². The van der Waals surface area contributed by atoms with E-state index in [9.17, 15) is 4.79 Å². The van der Waals surface area contributed by atoms with E-state index in [1.54, 1.807) is 12.1 Å². The molecule has 22 heavy (non-hydrogen) atoms. The molecule has 1 aromatic carbocycles. The first-order valence-electron chi connectivity index (χ1n) is 8.35. The minimum absolute atomic E-state index is 0.240. The third-order valence-electron chi connectivity index (χ3n) is 5.91. The molecule has 1 heterocycles. The van der Waals surface area contributed by atoms with Crippen molar-refractivity contribution in [2.45, 2.75) is 44.1 Å². The fraction of sp³-hybridized carbons (Fsp3) is 0.611. The molecule has 0 amide bonds. The van der Waals surface area contributed by atoms with Gasteiger partial charge in [0.2, 0.25) is 0 Å². The van der Waals surface area contributed by atoms with E-state index >= 15 is 0 Å². The molecule has 4 rings (SSSR count). The van der Waals surface area contributed by atoms with Gasteiger partial charge in [0, 0.05) is 18.7 Å². The molecule has 3 fully saturated rings. The van der Waals surface area contributed by atoms with E-state index in [4.69, 9.17) is 23.2 Å². The van der Waals surface area contributed by atoms with Crippen LogP contribution in [0.3, 0.4) is 0 Å². The highest BCUT2D eigenvalue weighted by Gasteiger charge is 2.57.